The number of hydrogen-bond acceptors (Lipinski definition) is 7. The van der Waals surface area contributed by atoms with Crippen LogP contribution in [-0.4, -0.2) is 35.2 Å². The van der Waals surface area contributed by atoms with Crippen molar-refractivity contribution in [3.63, 3.8) is 0 Å². The highest BCUT2D eigenvalue weighted by molar-refractivity contribution is 7.18. The topological polar surface area (TPSA) is 116 Å². The number of nitro groups is 1. The maximum atomic E-state index is 12.1. The minimum absolute atomic E-state index is 0.133. The van der Waals surface area contributed by atoms with E-state index in [0.29, 0.717) is 10.4 Å². The van der Waals surface area contributed by atoms with E-state index in [9.17, 15) is 24.5 Å². The Morgan fingerprint density at radius 2 is 2.09 bits per heavy atom. The molecule has 2 atom stereocenters. The van der Waals surface area contributed by atoms with Crippen molar-refractivity contribution in [1.29, 1.82) is 0 Å². The number of thiophene rings is 1. The minimum atomic E-state index is -0.880. The van der Waals surface area contributed by atoms with Gasteiger partial charge in [0.25, 0.3) is 0 Å². The summed E-state index contributed by atoms with van der Waals surface area (Å²) in [6.07, 6.45) is 0.178. The van der Waals surface area contributed by atoms with E-state index in [4.69, 9.17) is 4.74 Å². The minimum Gasteiger partial charge on any atom is -0.462 e. The van der Waals surface area contributed by atoms with Crippen LogP contribution >= 0.6 is 11.3 Å². The van der Waals surface area contributed by atoms with E-state index in [1.165, 1.54) is 6.92 Å². The number of nitrogens with zero attached hydrogens (tertiary/aromatic N) is 1. The number of carbonyl (C=O) groups excluding carboxylic acids is 3. The van der Waals surface area contributed by atoms with Crippen LogP contribution in [0.4, 0.5) is 5.00 Å². The molecule has 0 unspecified atom stereocenters. The molecule has 0 aromatic carbocycles. The molecule has 8 nitrogen and oxygen atoms in total. The maximum Gasteiger partial charge on any atom is 0.341 e. The molecule has 1 aliphatic carbocycles. The van der Waals surface area contributed by atoms with Crippen molar-refractivity contribution in [3.8, 4) is 0 Å². The summed E-state index contributed by atoms with van der Waals surface area (Å²) < 4.78 is 4.96. The van der Waals surface area contributed by atoms with Gasteiger partial charge in [-0.05, 0) is 26.3 Å². The zero-order valence-electron chi connectivity index (χ0n) is 12.9. The fourth-order valence-corrected chi connectivity index (χ4v) is 3.38. The van der Waals surface area contributed by atoms with E-state index < -0.39 is 28.8 Å². The van der Waals surface area contributed by atoms with Gasteiger partial charge in [-0.3, -0.25) is 19.7 Å². The van der Waals surface area contributed by atoms with E-state index in [1.54, 1.807) is 13.8 Å². The number of ether oxygens (including phenoxy) is 1. The average Bonchev–Trinajstić information content (AvgIpc) is 3.19. The van der Waals surface area contributed by atoms with Gasteiger partial charge in [0.2, 0.25) is 11.9 Å². The smallest absolute Gasteiger partial charge is 0.341 e. The van der Waals surface area contributed by atoms with Crippen molar-refractivity contribution < 1.29 is 24.0 Å². The molecule has 1 fully saturated rings. The highest BCUT2D eigenvalue weighted by Gasteiger charge is 2.53. The number of esters is 1. The molecular weight excluding hydrogens is 324 g/mol. The predicted octanol–water partition coefficient (Wildman–Crippen LogP) is 2.04. The van der Waals surface area contributed by atoms with Crippen LogP contribution in [0.5, 0.6) is 0 Å². The molecule has 0 radical (unpaired) electrons. The molecule has 1 heterocycles. The van der Waals surface area contributed by atoms with E-state index in [2.05, 4.69) is 5.32 Å². The van der Waals surface area contributed by atoms with Crippen molar-refractivity contribution >= 4 is 34.0 Å². The summed E-state index contributed by atoms with van der Waals surface area (Å²) >= 11 is 0.979. The number of nitrogens with one attached hydrogen (secondary N) is 1. The van der Waals surface area contributed by atoms with Crippen molar-refractivity contribution in [2.75, 3.05) is 11.9 Å². The molecule has 23 heavy (non-hydrogen) atoms. The van der Waals surface area contributed by atoms with Gasteiger partial charge in [-0.15, -0.1) is 11.3 Å². The van der Waals surface area contributed by atoms with Gasteiger partial charge in [-0.25, -0.2) is 4.79 Å². The number of rotatable bonds is 6. The molecule has 1 amide bonds. The van der Waals surface area contributed by atoms with Crippen LogP contribution in [0.15, 0.2) is 0 Å². The average molecular weight is 340 g/mol. The van der Waals surface area contributed by atoms with Gasteiger partial charge < -0.3 is 10.1 Å². The Bertz CT molecular complexity index is 696. The summed E-state index contributed by atoms with van der Waals surface area (Å²) in [6.45, 7) is 4.77. The van der Waals surface area contributed by atoms with Crippen molar-refractivity contribution in [3.05, 3.63) is 26.1 Å². The Hall–Kier alpha value is -2.29. The quantitative estimate of drug-likeness (QED) is 0.367. The van der Waals surface area contributed by atoms with Crippen LogP contribution in [0.1, 0.15) is 45.9 Å². The van der Waals surface area contributed by atoms with Gasteiger partial charge >= 0.3 is 5.97 Å². The fourth-order valence-electron chi connectivity index (χ4n) is 2.29. The molecule has 0 spiro atoms. The van der Waals surface area contributed by atoms with Crippen LogP contribution in [0.25, 0.3) is 0 Å². The largest absolute Gasteiger partial charge is 0.462 e. The van der Waals surface area contributed by atoms with E-state index in [0.717, 1.165) is 11.3 Å². The Balaban J connectivity index is 2.28. The second-order valence-electron chi connectivity index (χ2n) is 5.22. The number of hydrogen-bond donors (Lipinski definition) is 1. The molecular formula is C14H16N2O6S. The molecule has 0 bridgehead atoms. The second kappa shape index (κ2) is 6.45. The summed E-state index contributed by atoms with van der Waals surface area (Å²) in [6, 6.07) is -0.880. The van der Waals surface area contributed by atoms with Gasteiger partial charge in [0, 0.05) is 11.3 Å². The molecule has 1 aromatic rings. The zero-order chi connectivity index (χ0) is 17.3. The Morgan fingerprint density at radius 1 is 1.43 bits per heavy atom. The van der Waals surface area contributed by atoms with Crippen molar-refractivity contribution in [1.82, 2.24) is 0 Å². The first-order chi connectivity index (χ1) is 10.8. The lowest BCUT2D eigenvalue weighted by atomic mass is 10.1. The number of amides is 1. The van der Waals surface area contributed by atoms with Crippen molar-refractivity contribution in [2.45, 2.75) is 33.2 Å². The first-order valence-electron chi connectivity index (χ1n) is 7.03. The van der Waals surface area contributed by atoms with E-state index in [-0.39, 0.29) is 29.4 Å². The number of Topliss-reactive ketones (excluding diaryl/α,β-unsaturated/α-hetero) is 1. The predicted molar refractivity (Wildman–Crippen MR) is 82.5 cm³/mol. The van der Waals surface area contributed by atoms with Gasteiger partial charge in [-0.2, -0.15) is 0 Å². The van der Waals surface area contributed by atoms with Crippen LogP contribution in [0, 0.1) is 23.0 Å². The Labute approximate surface area is 136 Å². The summed E-state index contributed by atoms with van der Waals surface area (Å²) in [5.41, 5.74) is 0.576. The lowest BCUT2D eigenvalue weighted by molar-refractivity contribution is -0.497. The molecule has 1 N–H and O–H groups in total. The standard InChI is InChI=1S/C14H16N2O6S/c1-4-22-14(19)10-6(2)11(7(3)17)23-13(10)15-12(18)8-5-9(8)16(20)21/h8-9H,4-5H2,1-3H3,(H,15,18)/t8-,9-/m1/s1. The molecule has 2 rings (SSSR count). The first kappa shape index (κ1) is 17.1. The van der Waals surface area contributed by atoms with Gasteiger partial charge in [-0.1, -0.05) is 0 Å². The van der Waals surface area contributed by atoms with Gasteiger partial charge in [0.1, 0.15) is 10.9 Å². The van der Waals surface area contributed by atoms with Gasteiger partial charge in [0.05, 0.1) is 17.0 Å². The highest BCUT2D eigenvalue weighted by atomic mass is 32.1. The third-order valence-electron chi connectivity index (χ3n) is 3.55. The summed E-state index contributed by atoms with van der Waals surface area (Å²) in [5.74, 6) is -2.09. The summed E-state index contributed by atoms with van der Waals surface area (Å²) in [7, 11) is 0. The molecule has 124 valence electrons. The number of ketones is 1. The SMILES string of the molecule is CCOC(=O)c1c(NC(=O)[C@@H]2C[C@H]2[N+](=O)[O-])sc(C(C)=O)c1C. The van der Waals surface area contributed by atoms with Gasteiger partial charge in [0.15, 0.2) is 5.78 Å². The zero-order valence-corrected chi connectivity index (χ0v) is 13.7. The fraction of sp³-hybridized carbons (Fsp3) is 0.500. The van der Waals surface area contributed by atoms with E-state index in [1.807, 2.05) is 0 Å². The lowest BCUT2D eigenvalue weighted by Gasteiger charge is -2.06. The van der Waals surface area contributed by atoms with Crippen LogP contribution in [-0.2, 0) is 9.53 Å². The maximum absolute atomic E-state index is 12.1. The highest BCUT2D eigenvalue weighted by Crippen LogP contribution is 2.38. The molecule has 1 aliphatic rings. The summed E-state index contributed by atoms with van der Waals surface area (Å²) in [5, 5.41) is 13.4. The summed E-state index contributed by atoms with van der Waals surface area (Å²) in [4.78, 5) is 46.3. The Morgan fingerprint density at radius 3 is 2.57 bits per heavy atom. The molecule has 1 saturated carbocycles. The normalized spacial score (nSPS) is 19.1. The monoisotopic (exact) mass is 340 g/mol. The molecule has 9 heteroatoms. The Kier molecular flexibility index (Phi) is 4.79. The molecule has 0 aliphatic heterocycles. The van der Waals surface area contributed by atoms with Crippen molar-refractivity contribution in [2.24, 2.45) is 5.92 Å². The van der Waals surface area contributed by atoms with E-state index >= 15 is 0 Å². The third kappa shape index (κ3) is 3.39. The molecule has 0 saturated heterocycles. The van der Waals surface area contributed by atoms with Crippen LogP contribution < -0.4 is 5.32 Å². The lowest BCUT2D eigenvalue weighted by Crippen LogP contribution is -2.19. The van der Waals surface area contributed by atoms with Crippen LogP contribution in [0.3, 0.4) is 0 Å². The van der Waals surface area contributed by atoms with Crippen LogP contribution in [0.2, 0.25) is 0 Å². The number of carbonyl (C=O) groups is 3. The second-order valence-corrected chi connectivity index (χ2v) is 6.24. The first-order valence-corrected chi connectivity index (χ1v) is 7.85. The number of anilines is 1. The molecule has 1 aromatic heterocycles. The third-order valence-corrected chi connectivity index (χ3v) is 4.86.